The number of amides is 1. The number of carbonyl (C=O) groups is 1. The lowest BCUT2D eigenvalue weighted by atomic mass is 9.78. The minimum Gasteiger partial charge on any atom is -0.383 e. The van der Waals surface area contributed by atoms with E-state index >= 15 is 0 Å². The normalized spacial score (nSPS) is 23.6. The van der Waals surface area contributed by atoms with Crippen LogP contribution >= 0.6 is 23.1 Å². The number of aromatic nitrogens is 2. The molecule has 0 spiro atoms. The Hall–Kier alpha value is -1.38. The van der Waals surface area contributed by atoms with E-state index in [1.54, 1.807) is 23.0 Å². The Balaban J connectivity index is 1.54. The lowest BCUT2D eigenvalue weighted by Crippen LogP contribution is -2.44. The van der Waals surface area contributed by atoms with E-state index in [-0.39, 0.29) is 23.3 Å². The first kappa shape index (κ1) is 22.8. The van der Waals surface area contributed by atoms with Gasteiger partial charge in [0.2, 0.25) is 5.91 Å². The molecule has 4 rings (SSSR count). The molecule has 2 aromatic heterocycles. The highest BCUT2D eigenvalue weighted by Crippen LogP contribution is 2.35. The van der Waals surface area contributed by atoms with Crippen molar-refractivity contribution in [2.45, 2.75) is 76.5 Å². The Morgan fingerprint density at radius 3 is 2.87 bits per heavy atom. The molecule has 0 aromatic carbocycles. The molecule has 1 fully saturated rings. The maximum absolute atomic E-state index is 13.4. The maximum atomic E-state index is 13.4. The second kappa shape index (κ2) is 10.0. The number of carbonyl (C=O) groups excluding carboxylic acids is 1. The molecule has 2 aromatic rings. The van der Waals surface area contributed by atoms with Crippen LogP contribution in [0.4, 0.5) is 0 Å². The molecule has 31 heavy (non-hydrogen) atoms. The minimum atomic E-state index is 0.0130. The third-order valence-corrected chi connectivity index (χ3v) is 9.11. The highest BCUT2D eigenvalue weighted by Gasteiger charge is 2.28. The average molecular weight is 464 g/mol. The molecule has 0 unspecified atom stereocenters. The zero-order valence-electron chi connectivity index (χ0n) is 18.7. The smallest absolute Gasteiger partial charge is 0.263 e. The van der Waals surface area contributed by atoms with Gasteiger partial charge in [0.05, 0.1) is 24.3 Å². The van der Waals surface area contributed by atoms with Crippen LogP contribution in [0.2, 0.25) is 0 Å². The van der Waals surface area contributed by atoms with E-state index in [0.29, 0.717) is 30.1 Å². The summed E-state index contributed by atoms with van der Waals surface area (Å²) in [7, 11) is 1.63. The second-order valence-electron chi connectivity index (χ2n) is 8.97. The summed E-state index contributed by atoms with van der Waals surface area (Å²) in [5.41, 5.74) is 1.21. The Kier molecular flexibility index (Phi) is 7.39. The van der Waals surface area contributed by atoms with Crippen molar-refractivity contribution in [2.24, 2.45) is 11.8 Å². The summed E-state index contributed by atoms with van der Waals surface area (Å²) in [5, 5.41) is 4.63. The van der Waals surface area contributed by atoms with E-state index < -0.39 is 0 Å². The van der Waals surface area contributed by atoms with Crippen molar-refractivity contribution < 1.29 is 9.53 Å². The molecule has 1 saturated carbocycles. The third-order valence-electron chi connectivity index (χ3n) is 6.94. The second-order valence-corrected chi connectivity index (χ2v) is 11.0. The van der Waals surface area contributed by atoms with Crippen LogP contribution in [0.3, 0.4) is 0 Å². The molecule has 0 aliphatic heterocycles. The number of hydrogen-bond donors (Lipinski definition) is 1. The minimum absolute atomic E-state index is 0.0130. The first-order valence-electron chi connectivity index (χ1n) is 11.5. The molecular weight excluding hydrogens is 430 g/mol. The number of thioether (sulfide) groups is 1. The van der Waals surface area contributed by atoms with Gasteiger partial charge >= 0.3 is 0 Å². The molecule has 0 radical (unpaired) electrons. The zero-order chi connectivity index (χ0) is 22.0. The van der Waals surface area contributed by atoms with Crippen LogP contribution < -0.4 is 10.9 Å². The van der Waals surface area contributed by atoms with Gasteiger partial charge in [-0.3, -0.25) is 14.2 Å². The van der Waals surface area contributed by atoms with Gasteiger partial charge in [-0.05, 0) is 49.5 Å². The van der Waals surface area contributed by atoms with Crippen LogP contribution in [0.1, 0.15) is 56.4 Å². The van der Waals surface area contributed by atoms with Gasteiger partial charge in [-0.25, -0.2) is 4.98 Å². The molecule has 170 valence electrons. The van der Waals surface area contributed by atoms with Gasteiger partial charge in [-0.15, -0.1) is 11.3 Å². The van der Waals surface area contributed by atoms with Gasteiger partial charge in [0, 0.05) is 18.0 Å². The van der Waals surface area contributed by atoms with Crippen molar-refractivity contribution in [3.63, 3.8) is 0 Å². The topological polar surface area (TPSA) is 73.2 Å². The molecule has 2 aliphatic carbocycles. The molecule has 1 N–H and O–H groups in total. The summed E-state index contributed by atoms with van der Waals surface area (Å²) in [4.78, 5) is 33.1. The number of aryl methyl sites for hydroxylation is 2. The SMILES string of the molecule is COCCn1c(SCC(=O)N[C@@H]2CCC[C@@H](C)[C@H]2C)nc2sc3c(c2c1=O)CCCC3. The Morgan fingerprint density at radius 2 is 2.06 bits per heavy atom. The number of hydrogen-bond acceptors (Lipinski definition) is 6. The molecule has 2 heterocycles. The van der Waals surface area contributed by atoms with Gasteiger partial charge in [0.15, 0.2) is 5.16 Å². The molecule has 1 amide bonds. The van der Waals surface area contributed by atoms with Crippen LogP contribution in [0.15, 0.2) is 9.95 Å². The predicted molar refractivity (Wildman–Crippen MR) is 127 cm³/mol. The average Bonchev–Trinajstić information content (AvgIpc) is 3.13. The van der Waals surface area contributed by atoms with Gasteiger partial charge < -0.3 is 10.1 Å². The standard InChI is InChI=1S/C23H33N3O3S2/c1-14-7-6-9-17(15(14)2)24-19(27)13-30-23-25-21-20(22(28)26(23)11-12-29-3)16-8-4-5-10-18(16)31-21/h14-15,17H,4-13H2,1-3H3,(H,24,27)/t14-,15-,17-/m1/s1. The number of methoxy groups -OCH3 is 1. The molecular formula is C23H33N3O3S2. The summed E-state index contributed by atoms with van der Waals surface area (Å²) in [6, 6.07) is 0.243. The fourth-order valence-electron chi connectivity index (χ4n) is 4.87. The Labute approximate surface area is 192 Å². The summed E-state index contributed by atoms with van der Waals surface area (Å²) in [5.74, 6) is 1.43. The maximum Gasteiger partial charge on any atom is 0.263 e. The van der Waals surface area contributed by atoms with E-state index in [0.717, 1.165) is 35.9 Å². The van der Waals surface area contributed by atoms with Crippen LogP contribution in [0.25, 0.3) is 10.2 Å². The van der Waals surface area contributed by atoms with Gasteiger partial charge in [-0.1, -0.05) is 38.5 Å². The van der Waals surface area contributed by atoms with E-state index in [1.165, 1.54) is 41.5 Å². The molecule has 3 atom stereocenters. The van der Waals surface area contributed by atoms with Crippen LogP contribution in [0, 0.1) is 11.8 Å². The first-order chi connectivity index (χ1) is 15.0. The molecule has 2 aliphatic rings. The molecule has 6 nitrogen and oxygen atoms in total. The molecule has 0 bridgehead atoms. The zero-order valence-corrected chi connectivity index (χ0v) is 20.4. The van der Waals surface area contributed by atoms with E-state index in [9.17, 15) is 9.59 Å². The predicted octanol–water partition coefficient (Wildman–Crippen LogP) is 4.02. The highest BCUT2D eigenvalue weighted by atomic mass is 32.2. The highest BCUT2D eigenvalue weighted by molar-refractivity contribution is 7.99. The van der Waals surface area contributed by atoms with Crippen molar-refractivity contribution in [1.29, 1.82) is 0 Å². The van der Waals surface area contributed by atoms with E-state index in [2.05, 4.69) is 19.2 Å². The van der Waals surface area contributed by atoms with Crippen LogP contribution in [-0.4, -0.2) is 41.0 Å². The number of ether oxygens (including phenoxy) is 1. The third kappa shape index (κ3) is 4.86. The van der Waals surface area contributed by atoms with Gasteiger partial charge in [0.25, 0.3) is 5.56 Å². The van der Waals surface area contributed by atoms with Gasteiger partial charge in [0.1, 0.15) is 4.83 Å². The summed E-state index contributed by atoms with van der Waals surface area (Å²) in [6.45, 7) is 5.39. The van der Waals surface area contributed by atoms with Crippen molar-refractivity contribution in [3.8, 4) is 0 Å². The lowest BCUT2D eigenvalue weighted by molar-refractivity contribution is -0.120. The number of thiophene rings is 1. The van der Waals surface area contributed by atoms with Crippen LogP contribution in [-0.2, 0) is 28.9 Å². The van der Waals surface area contributed by atoms with Gasteiger partial charge in [-0.2, -0.15) is 0 Å². The van der Waals surface area contributed by atoms with Crippen molar-refractivity contribution in [1.82, 2.24) is 14.9 Å². The number of nitrogens with one attached hydrogen (secondary N) is 1. The Morgan fingerprint density at radius 1 is 1.26 bits per heavy atom. The summed E-state index contributed by atoms with van der Waals surface area (Å²) < 4.78 is 6.94. The summed E-state index contributed by atoms with van der Waals surface area (Å²) in [6.07, 6.45) is 7.76. The van der Waals surface area contributed by atoms with Crippen LogP contribution in [0.5, 0.6) is 0 Å². The molecule has 8 heteroatoms. The quantitative estimate of drug-likeness (QED) is 0.496. The number of nitrogens with zero attached hydrogens (tertiary/aromatic N) is 2. The van der Waals surface area contributed by atoms with E-state index in [1.807, 2.05) is 0 Å². The van der Waals surface area contributed by atoms with Crippen molar-refractivity contribution >= 4 is 39.2 Å². The monoisotopic (exact) mass is 463 g/mol. The fourth-order valence-corrected chi connectivity index (χ4v) is 7.01. The Bertz CT molecular complexity index is 1000. The largest absolute Gasteiger partial charge is 0.383 e. The van der Waals surface area contributed by atoms with Crippen molar-refractivity contribution in [2.75, 3.05) is 19.5 Å². The van der Waals surface area contributed by atoms with E-state index in [4.69, 9.17) is 9.72 Å². The molecule has 0 saturated heterocycles. The first-order valence-corrected chi connectivity index (χ1v) is 13.3. The number of fused-ring (bicyclic) bond motifs is 3. The number of rotatable bonds is 7. The lowest BCUT2D eigenvalue weighted by Gasteiger charge is -2.34. The fraction of sp³-hybridized carbons (Fsp3) is 0.696. The van der Waals surface area contributed by atoms with Crippen molar-refractivity contribution in [3.05, 3.63) is 20.8 Å². The summed E-state index contributed by atoms with van der Waals surface area (Å²) >= 11 is 3.02.